The first-order valence-corrected chi connectivity index (χ1v) is 5.53. The average Bonchev–Trinajstić information content (AvgIpc) is 2.26. The fraction of sp³-hybridized carbons (Fsp3) is 0.333. The fourth-order valence-electron chi connectivity index (χ4n) is 1.92. The molecule has 1 aromatic rings. The average molecular weight is 251 g/mol. The highest BCUT2D eigenvalue weighted by Gasteiger charge is 2.46. The van der Waals surface area contributed by atoms with Crippen LogP contribution in [0.25, 0.3) is 0 Å². The van der Waals surface area contributed by atoms with Gasteiger partial charge in [0.1, 0.15) is 5.54 Å². The topological polar surface area (TPSA) is 107 Å². The van der Waals surface area contributed by atoms with Crippen molar-refractivity contribution >= 4 is 11.9 Å². The van der Waals surface area contributed by atoms with E-state index >= 15 is 0 Å². The molecule has 18 heavy (non-hydrogen) atoms. The fourth-order valence-corrected chi connectivity index (χ4v) is 1.92. The molecule has 0 saturated heterocycles. The predicted octanol–water partition coefficient (Wildman–Crippen LogP) is 0.835. The normalized spacial score (nSPS) is 16.7. The number of rotatable bonds is 3. The molecule has 1 aromatic carbocycles. The number of phenols is 2. The third-order valence-corrected chi connectivity index (χ3v) is 3.23. The summed E-state index contributed by atoms with van der Waals surface area (Å²) in [6, 6.07) is 3.96. The number of hydrogen-bond donors (Lipinski definition) is 4. The molecule has 6 nitrogen and oxygen atoms in total. The number of para-hydroxylation sites is 1. The highest BCUT2D eigenvalue weighted by Crippen LogP contribution is 2.34. The lowest BCUT2D eigenvalue weighted by Gasteiger charge is -2.38. The summed E-state index contributed by atoms with van der Waals surface area (Å²) < 4.78 is 0. The zero-order valence-electron chi connectivity index (χ0n) is 9.51. The van der Waals surface area contributed by atoms with E-state index in [0.29, 0.717) is 12.8 Å². The number of aliphatic carboxylic acids is 1. The van der Waals surface area contributed by atoms with Gasteiger partial charge in [0.15, 0.2) is 11.5 Å². The number of nitrogens with one attached hydrogen (secondary N) is 1. The largest absolute Gasteiger partial charge is 0.504 e. The number of phenolic OH excluding ortho intramolecular Hbond substituents is 2. The zero-order chi connectivity index (χ0) is 13.3. The van der Waals surface area contributed by atoms with Crippen LogP contribution in [0.15, 0.2) is 18.2 Å². The van der Waals surface area contributed by atoms with Crippen molar-refractivity contribution < 1.29 is 24.9 Å². The molecule has 0 heterocycles. The third-order valence-electron chi connectivity index (χ3n) is 3.23. The van der Waals surface area contributed by atoms with Crippen LogP contribution in [-0.2, 0) is 4.79 Å². The summed E-state index contributed by atoms with van der Waals surface area (Å²) in [7, 11) is 0. The molecule has 1 aliphatic carbocycles. The van der Waals surface area contributed by atoms with Crippen LogP contribution < -0.4 is 5.32 Å². The quantitative estimate of drug-likeness (QED) is 0.595. The Morgan fingerprint density at radius 2 is 1.89 bits per heavy atom. The molecule has 1 amide bonds. The van der Waals surface area contributed by atoms with Crippen molar-refractivity contribution in [1.29, 1.82) is 0 Å². The van der Waals surface area contributed by atoms with Gasteiger partial charge >= 0.3 is 5.97 Å². The molecule has 0 bridgehead atoms. The SMILES string of the molecule is O=C(NC1(C(=O)O)CCC1)c1cccc(O)c1O. The van der Waals surface area contributed by atoms with E-state index in [1.165, 1.54) is 18.2 Å². The molecule has 0 unspecified atom stereocenters. The molecule has 6 heteroatoms. The third kappa shape index (κ3) is 1.85. The van der Waals surface area contributed by atoms with E-state index in [2.05, 4.69) is 5.32 Å². The number of carbonyl (C=O) groups excluding carboxylic acids is 1. The van der Waals surface area contributed by atoms with Gasteiger partial charge in [0.25, 0.3) is 5.91 Å². The van der Waals surface area contributed by atoms with Crippen LogP contribution in [0.2, 0.25) is 0 Å². The standard InChI is InChI=1S/C12H13NO5/c14-8-4-1-3-7(9(8)15)10(16)13-12(11(17)18)5-2-6-12/h1,3-4,14-15H,2,5-6H2,(H,13,16)(H,17,18). The Bertz CT molecular complexity index is 507. The van der Waals surface area contributed by atoms with E-state index in [1.807, 2.05) is 0 Å². The minimum absolute atomic E-state index is 0.137. The summed E-state index contributed by atoms with van der Waals surface area (Å²) in [5.74, 6) is -2.75. The molecule has 4 N–H and O–H groups in total. The van der Waals surface area contributed by atoms with Crippen LogP contribution in [0.3, 0.4) is 0 Å². The summed E-state index contributed by atoms with van der Waals surface area (Å²) in [5.41, 5.74) is -1.38. The maximum atomic E-state index is 11.9. The molecule has 2 rings (SSSR count). The lowest BCUT2D eigenvalue weighted by atomic mass is 9.76. The first kappa shape index (κ1) is 12.2. The van der Waals surface area contributed by atoms with Gasteiger partial charge in [0.05, 0.1) is 5.56 Å². The molecule has 0 spiro atoms. The number of amides is 1. The Morgan fingerprint density at radius 1 is 1.22 bits per heavy atom. The second kappa shape index (κ2) is 4.21. The number of hydrogen-bond acceptors (Lipinski definition) is 4. The van der Waals surface area contributed by atoms with Gasteiger partial charge < -0.3 is 20.6 Å². The zero-order valence-corrected chi connectivity index (χ0v) is 9.51. The second-order valence-corrected chi connectivity index (χ2v) is 4.37. The molecule has 1 fully saturated rings. The Morgan fingerprint density at radius 3 is 2.39 bits per heavy atom. The van der Waals surface area contributed by atoms with Crippen LogP contribution in [0, 0.1) is 0 Å². The van der Waals surface area contributed by atoms with Gasteiger partial charge in [0, 0.05) is 0 Å². The Kier molecular flexibility index (Phi) is 2.86. The van der Waals surface area contributed by atoms with Gasteiger partial charge in [-0.25, -0.2) is 4.79 Å². The molecule has 1 aliphatic rings. The van der Waals surface area contributed by atoms with Crippen molar-refractivity contribution in [3.63, 3.8) is 0 Å². The number of benzene rings is 1. The van der Waals surface area contributed by atoms with Crippen LogP contribution in [0.4, 0.5) is 0 Å². The lowest BCUT2D eigenvalue weighted by Crippen LogP contribution is -2.59. The molecule has 0 aliphatic heterocycles. The Labute approximate surface area is 103 Å². The van der Waals surface area contributed by atoms with Gasteiger partial charge in [-0.3, -0.25) is 4.79 Å². The minimum atomic E-state index is -1.24. The van der Waals surface area contributed by atoms with Crippen LogP contribution in [0.5, 0.6) is 11.5 Å². The van der Waals surface area contributed by atoms with Crippen molar-refractivity contribution in [3.8, 4) is 11.5 Å². The number of carboxylic acids is 1. The van der Waals surface area contributed by atoms with Gasteiger partial charge in [-0.05, 0) is 31.4 Å². The van der Waals surface area contributed by atoms with Crippen molar-refractivity contribution in [1.82, 2.24) is 5.32 Å². The van der Waals surface area contributed by atoms with E-state index in [1.54, 1.807) is 0 Å². The minimum Gasteiger partial charge on any atom is -0.504 e. The van der Waals surface area contributed by atoms with E-state index in [0.717, 1.165) is 6.42 Å². The Hall–Kier alpha value is -2.24. The van der Waals surface area contributed by atoms with Crippen LogP contribution in [0.1, 0.15) is 29.6 Å². The summed E-state index contributed by atoms with van der Waals surface area (Å²) in [6.45, 7) is 0. The molecule has 0 atom stereocenters. The van der Waals surface area contributed by atoms with Gasteiger partial charge in [0.2, 0.25) is 0 Å². The summed E-state index contributed by atoms with van der Waals surface area (Å²) >= 11 is 0. The van der Waals surface area contributed by atoms with Crippen LogP contribution in [-0.4, -0.2) is 32.7 Å². The number of carbonyl (C=O) groups is 2. The highest BCUT2D eigenvalue weighted by molar-refractivity contribution is 6.00. The first-order valence-electron chi connectivity index (χ1n) is 5.53. The van der Waals surface area contributed by atoms with Crippen molar-refractivity contribution in [2.45, 2.75) is 24.8 Å². The lowest BCUT2D eigenvalue weighted by molar-refractivity contribution is -0.148. The van der Waals surface area contributed by atoms with E-state index in [9.17, 15) is 19.8 Å². The van der Waals surface area contributed by atoms with E-state index < -0.39 is 28.9 Å². The predicted molar refractivity (Wildman–Crippen MR) is 61.5 cm³/mol. The number of aromatic hydroxyl groups is 2. The molecule has 0 radical (unpaired) electrons. The number of carboxylic acid groups (broad SMARTS) is 1. The van der Waals surface area contributed by atoms with Gasteiger partial charge in [-0.15, -0.1) is 0 Å². The molecule has 1 saturated carbocycles. The maximum absolute atomic E-state index is 11.9. The first-order chi connectivity index (χ1) is 8.46. The van der Waals surface area contributed by atoms with E-state index in [4.69, 9.17) is 5.11 Å². The highest BCUT2D eigenvalue weighted by atomic mass is 16.4. The second-order valence-electron chi connectivity index (χ2n) is 4.37. The van der Waals surface area contributed by atoms with Crippen molar-refractivity contribution in [2.24, 2.45) is 0 Å². The van der Waals surface area contributed by atoms with Gasteiger partial charge in [-0.2, -0.15) is 0 Å². The summed E-state index contributed by atoms with van der Waals surface area (Å²) in [5, 5.41) is 30.3. The molecular formula is C12H13NO5. The van der Waals surface area contributed by atoms with Crippen molar-refractivity contribution in [3.05, 3.63) is 23.8 Å². The monoisotopic (exact) mass is 251 g/mol. The summed E-state index contributed by atoms with van der Waals surface area (Å²) in [6.07, 6.45) is 1.47. The maximum Gasteiger partial charge on any atom is 0.329 e. The summed E-state index contributed by atoms with van der Waals surface area (Å²) in [4.78, 5) is 23.0. The smallest absolute Gasteiger partial charge is 0.329 e. The molecule has 0 aromatic heterocycles. The molecule has 96 valence electrons. The van der Waals surface area contributed by atoms with Gasteiger partial charge in [-0.1, -0.05) is 6.07 Å². The van der Waals surface area contributed by atoms with Crippen molar-refractivity contribution in [2.75, 3.05) is 0 Å². The molecular weight excluding hydrogens is 238 g/mol. The van der Waals surface area contributed by atoms with E-state index in [-0.39, 0.29) is 5.56 Å². The Balaban J connectivity index is 2.22. The van der Waals surface area contributed by atoms with Crippen LogP contribution >= 0.6 is 0 Å².